The summed E-state index contributed by atoms with van der Waals surface area (Å²) in [6.45, 7) is 5.34. The number of rotatable bonds is 6. The van der Waals surface area contributed by atoms with Crippen LogP contribution in [-0.2, 0) is 21.3 Å². The molecule has 3 atom stereocenters. The maximum absolute atomic E-state index is 12.4. The number of nitrogens with zero attached hydrogens (tertiary/aromatic N) is 2. The molecule has 2 saturated heterocycles. The van der Waals surface area contributed by atoms with Crippen molar-refractivity contribution in [2.75, 3.05) is 26.2 Å². The largest absolute Gasteiger partial charge is 0.376 e. The zero-order valence-electron chi connectivity index (χ0n) is 14.7. The zero-order chi connectivity index (χ0) is 18.1. The molecule has 2 aromatic rings. The minimum Gasteiger partial charge on any atom is -0.376 e. The number of likely N-dealkylation sites (tertiary alicyclic amines) is 1. The second-order valence-electron chi connectivity index (χ2n) is 7.08. The average molecular weight is 377 g/mol. The molecule has 140 valence electrons. The summed E-state index contributed by atoms with van der Waals surface area (Å²) < 4.78 is 38.6. The summed E-state index contributed by atoms with van der Waals surface area (Å²) in [7, 11) is -3.48. The van der Waals surface area contributed by atoms with Gasteiger partial charge >= 0.3 is 0 Å². The number of aryl methyl sites for hydroxylation is 1. The van der Waals surface area contributed by atoms with Gasteiger partial charge in [0.15, 0.2) is 0 Å². The number of hydrogen-bond acceptors (Lipinski definition) is 6. The van der Waals surface area contributed by atoms with Gasteiger partial charge in [-0.1, -0.05) is 23.4 Å². The molecule has 1 N–H and O–H groups in total. The zero-order valence-corrected chi connectivity index (χ0v) is 15.5. The molecular formula is C18H23N3O4S. The number of hydrogen-bond donors (Lipinski definition) is 1. The van der Waals surface area contributed by atoms with Crippen LogP contribution >= 0.6 is 0 Å². The predicted molar refractivity (Wildman–Crippen MR) is 94.9 cm³/mol. The van der Waals surface area contributed by atoms with Crippen molar-refractivity contribution in [3.63, 3.8) is 0 Å². The molecule has 0 aliphatic carbocycles. The summed E-state index contributed by atoms with van der Waals surface area (Å²) >= 11 is 0. The van der Waals surface area contributed by atoms with Crippen LogP contribution in [0.4, 0.5) is 0 Å². The van der Waals surface area contributed by atoms with Gasteiger partial charge in [-0.2, -0.15) is 0 Å². The normalized spacial score (nSPS) is 26.3. The average Bonchev–Trinajstić information content (AvgIpc) is 3.31. The third kappa shape index (κ3) is 3.68. The second-order valence-corrected chi connectivity index (χ2v) is 8.85. The lowest BCUT2D eigenvalue weighted by Gasteiger charge is -2.19. The fourth-order valence-electron chi connectivity index (χ4n) is 3.84. The van der Waals surface area contributed by atoms with E-state index in [0.29, 0.717) is 24.0 Å². The maximum atomic E-state index is 12.4. The van der Waals surface area contributed by atoms with Crippen LogP contribution in [0.3, 0.4) is 0 Å². The summed E-state index contributed by atoms with van der Waals surface area (Å²) in [5.41, 5.74) is 0.920. The first kappa shape index (κ1) is 17.7. The highest BCUT2D eigenvalue weighted by Gasteiger charge is 2.44. The Morgan fingerprint density at radius 2 is 2.08 bits per heavy atom. The van der Waals surface area contributed by atoms with Crippen molar-refractivity contribution in [1.29, 1.82) is 0 Å². The minimum atomic E-state index is -3.48. The first-order chi connectivity index (χ1) is 12.5. The van der Waals surface area contributed by atoms with Gasteiger partial charge < -0.3 is 9.26 Å². The molecule has 8 heteroatoms. The monoisotopic (exact) mass is 377 g/mol. The van der Waals surface area contributed by atoms with Crippen molar-refractivity contribution in [3.8, 4) is 0 Å². The van der Waals surface area contributed by atoms with Gasteiger partial charge in [0.05, 0.1) is 23.3 Å². The summed E-state index contributed by atoms with van der Waals surface area (Å²) in [6, 6.07) is 10.4. The van der Waals surface area contributed by atoms with Crippen molar-refractivity contribution in [3.05, 3.63) is 47.9 Å². The van der Waals surface area contributed by atoms with E-state index in [1.165, 1.54) is 0 Å². The smallest absolute Gasteiger partial charge is 0.240 e. The molecule has 1 aromatic heterocycles. The summed E-state index contributed by atoms with van der Waals surface area (Å²) in [4.78, 5) is 2.59. The van der Waals surface area contributed by atoms with E-state index in [0.717, 1.165) is 31.1 Å². The lowest BCUT2D eigenvalue weighted by atomic mass is 9.93. The Labute approximate surface area is 153 Å². The summed E-state index contributed by atoms with van der Waals surface area (Å²) in [6.07, 6.45) is 0.161. The number of sulfonamides is 1. The van der Waals surface area contributed by atoms with Crippen molar-refractivity contribution in [2.24, 2.45) is 11.8 Å². The molecule has 0 radical (unpaired) electrons. The summed E-state index contributed by atoms with van der Waals surface area (Å²) in [5.74, 6) is 1.33. The highest BCUT2D eigenvalue weighted by Crippen LogP contribution is 2.34. The van der Waals surface area contributed by atoms with E-state index in [9.17, 15) is 8.42 Å². The standard InChI is InChI=1S/C18H23N3O4S/c1-13-7-15(20-25-13)9-21-10-17-14(12-24-18(17)11-21)8-19-26(22,23)16-5-3-2-4-6-16/h2-7,14,17-19H,8-12H2,1H3/t14-,17+,18+/m1/s1. The molecule has 4 rings (SSSR count). The number of fused-ring (bicyclic) bond motifs is 1. The third-order valence-electron chi connectivity index (χ3n) is 5.17. The molecule has 26 heavy (non-hydrogen) atoms. The molecule has 1 aromatic carbocycles. The SMILES string of the molecule is Cc1cc(CN2C[C@H]3[C@H](CNS(=O)(=O)c4ccccc4)CO[C@H]3C2)no1. The Morgan fingerprint density at radius 1 is 1.27 bits per heavy atom. The molecule has 7 nitrogen and oxygen atoms in total. The molecule has 0 unspecified atom stereocenters. The highest BCUT2D eigenvalue weighted by atomic mass is 32.2. The first-order valence-electron chi connectivity index (χ1n) is 8.82. The molecule has 0 spiro atoms. The van der Waals surface area contributed by atoms with Gasteiger partial charge in [0.1, 0.15) is 5.76 Å². The van der Waals surface area contributed by atoms with Crippen LogP contribution in [0, 0.1) is 18.8 Å². The van der Waals surface area contributed by atoms with Crippen LogP contribution in [-0.4, -0.2) is 50.8 Å². The van der Waals surface area contributed by atoms with E-state index in [1.54, 1.807) is 30.3 Å². The Bertz CT molecular complexity index is 852. The predicted octanol–water partition coefficient (Wildman–Crippen LogP) is 1.41. The van der Waals surface area contributed by atoms with Crippen molar-refractivity contribution >= 4 is 10.0 Å². The van der Waals surface area contributed by atoms with Crippen LogP contribution in [0.5, 0.6) is 0 Å². The van der Waals surface area contributed by atoms with Crippen molar-refractivity contribution in [1.82, 2.24) is 14.8 Å². The molecular weight excluding hydrogens is 354 g/mol. The van der Waals surface area contributed by atoms with Crippen LogP contribution in [0.1, 0.15) is 11.5 Å². The molecule has 2 fully saturated rings. The summed E-state index contributed by atoms with van der Waals surface area (Å²) in [5, 5.41) is 4.05. The van der Waals surface area contributed by atoms with Gasteiger partial charge in [-0.25, -0.2) is 13.1 Å². The van der Waals surface area contributed by atoms with Crippen molar-refractivity contribution in [2.45, 2.75) is 24.5 Å². The number of benzene rings is 1. The maximum Gasteiger partial charge on any atom is 0.240 e. The molecule has 0 saturated carbocycles. The van der Waals surface area contributed by atoms with Crippen molar-refractivity contribution < 1.29 is 17.7 Å². The van der Waals surface area contributed by atoms with Crippen LogP contribution in [0.15, 0.2) is 45.8 Å². The molecule has 0 amide bonds. The van der Waals surface area contributed by atoms with E-state index < -0.39 is 10.0 Å². The first-order valence-corrected chi connectivity index (χ1v) is 10.3. The molecule has 0 bridgehead atoms. The van der Waals surface area contributed by atoms with Gasteiger partial charge in [0.2, 0.25) is 10.0 Å². The molecule has 3 heterocycles. The van der Waals surface area contributed by atoms with E-state index in [1.807, 2.05) is 13.0 Å². The van der Waals surface area contributed by atoms with Gasteiger partial charge in [-0.3, -0.25) is 4.90 Å². The number of nitrogens with one attached hydrogen (secondary N) is 1. The van der Waals surface area contributed by atoms with E-state index in [4.69, 9.17) is 9.26 Å². The lowest BCUT2D eigenvalue weighted by molar-refractivity contribution is 0.0938. The van der Waals surface area contributed by atoms with Gasteiger partial charge in [-0.05, 0) is 19.1 Å². The van der Waals surface area contributed by atoms with Gasteiger partial charge in [-0.15, -0.1) is 0 Å². The van der Waals surface area contributed by atoms with Crippen LogP contribution in [0.2, 0.25) is 0 Å². The van der Waals surface area contributed by atoms with E-state index in [-0.39, 0.29) is 12.0 Å². The van der Waals surface area contributed by atoms with Crippen LogP contribution < -0.4 is 4.72 Å². The quantitative estimate of drug-likeness (QED) is 0.819. The minimum absolute atomic E-state index is 0.161. The number of ether oxygens (including phenoxy) is 1. The van der Waals surface area contributed by atoms with Crippen LogP contribution in [0.25, 0.3) is 0 Å². The Kier molecular flexibility index (Phi) is 4.83. The Morgan fingerprint density at radius 3 is 2.81 bits per heavy atom. The van der Waals surface area contributed by atoms with Gasteiger partial charge in [0.25, 0.3) is 0 Å². The highest BCUT2D eigenvalue weighted by molar-refractivity contribution is 7.89. The number of aromatic nitrogens is 1. The van der Waals surface area contributed by atoms with E-state index in [2.05, 4.69) is 14.8 Å². The van der Waals surface area contributed by atoms with Gasteiger partial charge in [0, 0.05) is 44.1 Å². The third-order valence-corrected chi connectivity index (χ3v) is 6.61. The topological polar surface area (TPSA) is 84.7 Å². The molecule has 2 aliphatic rings. The molecule has 2 aliphatic heterocycles. The van der Waals surface area contributed by atoms with E-state index >= 15 is 0 Å². The fourth-order valence-corrected chi connectivity index (χ4v) is 4.96. The second kappa shape index (κ2) is 7.11. The Hall–Kier alpha value is -1.74. The fraction of sp³-hybridized carbons (Fsp3) is 0.500. The lowest BCUT2D eigenvalue weighted by Crippen LogP contribution is -2.34. The Balaban J connectivity index is 1.34.